The maximum Gasteiger partial charge on any atom is 0.336 e. The monoisotopic (exact) mass is 357 g/mol. The van der Waals surface area contributed by atoms with Gasteiger partial charge in [-0.3, -0.25) is 4.68 Å². The number of carbonyl (C=O) groups is 1. The number of allylic oxidation sites excluding steroid dienone is 1. The number of rotatable bonds is 4. The van der Waals surface area contributed by atoms with E-state index in [0.717, 1.165) is 28.3 Å². The third kappa shape index (κ3) is 3.00. The molecule has 138 valence electrons. The SMILES string of the molecule is CCOC(=O)C1=C(C(C)C)Nc2c(c(C)nn2C)C1c1ccc(F)cc1. The van der Waals surface area contributed by atoms with Crippen LogP contribution in [0.15, 0.2) is 35.5 Å². The van der Waals surface area contributed by atoms with E-state index in [4.69, 9.17) is 4.74 Å². The molecule has 1 atom stereocenters. The number of hydrogen-bond acceptors (Lipinski definition) is 4. The van der Waals surface area contributed by atoms with Crippen LogP contribution >= 0.6 is 0 Å². The van der Waals surface area contributed by atoms with Crippen LogP contribution in [0.5, 0.6) is 0 Å². The van der Waals surface area contributed by atoms with E-state index in [1.165, 1.54) is 12.1 Å². The predicted octanol–water partition coefficient (Wildman–Crippen LogP) is 3.90. The molecule has 0 amide bonds. The molecule has 2 heterocycles. The summed E-state index contributed by atoms with van der Waals surface area (Å²) in [7, 11) is 1.87. The van der Waals surface area contributed by atoms with Gasteiger partial charge < -0.3 is 10.1 Å². The fourth-order valence-corrected chi connectivity index (χ4v) is 3.54. The van der Waals surface area contributed by atoms with E-state index in [0.29, 0.717) is 12.2 Å². The first-order valence-electron chi connectivity index (χ1n) is 8.82. The minimum atomic E-state index is -0.355. The van der Waals surface area contributed by atoms with Crippen LogP contribution in [0.25, 0.3) is 0 Å². The van der Waals surface area contributed by atoms with E-state index in [2.05, 4.69) is 10.4 Å². The Morgan fingerprint density at radius 2 is 2.00 bits per heavy atom. The van der Waals surface area contributed by atoms with Gasteiger partial charge in [-0.05, 0) is 37.5 Å². The Hall–Kier alpha value is -2.63. The van der Waals surface area contributed by atoms with Crippen molar-refractivity contribution in [3.8, 4) is 0 Å². The number of carbonyl (C=O) groups excluding carboxylic acids is 1. The van der Waals surface area contributed by atoms with Crippen molar-refractivity contribution < 1.29 is 13.9 Å². The summed E-state index contributed by atoms with van der Waals surface area (Å²) < 4.78 is 20.6. The highest BCUT2D eigenvalue weighted by atomic mass is 19.1. The molecule has 3 rings (SSSR count). The third-order valence-corrected chi connectivity index (χ3v) is 4.67. The number of anilines is 1. The van der Waals surface area contributed by atoms with Gasteiger partial charge in [-0.2, -0.15) is 5.10 Å². The molecule has 2 aromatic rings. The van der Waals surface area contributed by atoms with E-state index < -0.39 is 0 Å². The summed E-state index contributed by atoms with van der Waals surface area (Å²) in [6.45, 7) is 8.05. The Kier molecular flexibility index (Phi) is 4.85. The average molecular weight is 357 g/mol. The maximum absolute atomic E-state index is 13.5. The predicted molar refractivity (Wildman–Crippen MR) is 98.3 cm³/mol. The molecule has 1 aromatic heterocycles. The molecular weight excluding hydrogens is 333 g/mol. The molecular formula is C20H24FN3O2. The van der Waals surface area contributed by atoms with Crippen molar-refractivity contribution in [2.45, 2.75) is 33.6 Å². The van der Waals surface area contributed by atoms with Crippen LogP contribution in [0.1, 0.15) is 43.5 Å². The molecule has 26 heavy (non-hydrogen) atoms. The standard InChI is InChI=1S/C20H24FN3O2/c1-6-26-20(25)17-16(13-7-9-14(21)10-8-13)15-12(4)23-24(5)19(15)22-18(17)11(2)3/h7-11,16,22H,6H2,1-5H3. The van der Waals surface area contributed by atoms with Crippen LogP contribution in [0.4, 0.5) is 10.2 Å². The van der Waals surface area contributed by atoms with Crippen LogP contribution in [-0.4, -0.2) is 22.4 Å². The van der Waals surface area contributed by atoms with Crippen molar-refractivity contribution in [3.05, 3.63) is 58.2 Å². The van der Waals surface area contributed by atoms with Crippen molar-refractivity contribution in [3.63, 3.8) is 0 Å². The van der Waals surface area contributed by atoms with Crippen LogP contribution in [-0.2, 0) is 16.6 Å². The van der Waals surface area contributed by atoms with Gasteiger partial charge in [-0.15, -0.1) is 0 Å². The summed E-state index contributed by atoms with van der Waals surface area (Å²) in [5, 5.41) is 7.91. The Bertz CT molecular complexity index is 866. The topological polar surface area (TPSA) is 56.1 Å². The van der Waals surface area contributed by atoms with Crippen LogP contribution in [0, 0.1) is 18.7 Å². The van der Waals surface area contributed by atoms with Crippen LogP contribution in [0.3, 0.4) is 0 Å². The molecule has 0 spiro atoms. The minimum absolute atomic E-state index is 0.0840. The van der Waals surface area contributed by atoms with Crippen LogP contribution in [0.2, 0.25) is 0 Å². The second-order valence-corrected chi connectivity index (χ2v) is 6.78. The highest BCUT2D eigenvalue weighted by Crippen LogP contribution is 2.45. The lowest BCUT2D eigenvalue weighted by molar-refractivity contribution is -0.138. The van der Waals surface area contributed by atoms with E-state index >= 15 is 0 Å². The number of ether oxygens (including phenoxy) is 1. The number of aromatic nitrogens is 2. The lowest BCUT2D eigenvalue weighted by Crippen LogP contribution is -2.28. The lowest BCUT2D eigenvalue weighted by Gasteiger charge is -2.31. The first-order valence-corrected chi connectivity index (χ1v) is 8.82. The molecule has 0 bridgehead atoms. The largest absolute Gasteiger partial charge is 0.463 e. The first kappa shape index (κ1) is 18.2. The Labute approximate surface area is 152 Å². The quantitative estimate of drug-likeness (QED) is 0.843. The fourth-order valence-electron chi connectivity index (χ4n) is 3.54. The highest BCUT2D eigenvalue weighted by Gasteiger charge is 2.38. The number of nitrogens with one attached hydrogen (secondary N) is 1. The van der Waals surface area contributed by atoms with E-state index in [9.17, 15) is 9.18 Å². The molecule has 6 heteroatoms. The number of nitrogens with zero attached hydrogens (tertiary/aromatic N) is 2. The van der Waals surface area contributed by atoms with Crippen molar-refractivity contribution in [1.29, 1.82) is 0 Å². The number of halogens is 1. The molecule has 0 fully saturated rings. The average Bonchev–Trinajstić information content (AvgIpc) is 2.88. The van der Waals surface area contributed by atoms with Gasteiger partial charge in [-0.1, -0.05) is 26.0 Å². The molecule has 1 aliphatic heterocycles. The second-order valence-electron chi connectivity index (χ2n) is 6.78. The highest BCUT2D eigenvalue weighted by molar-refractivity contribution is 5.94. The molecule has 0 saturated carbocycles. The van der Waals surface area contributed by atoms with Crippen LogP contribution < -0.4 is 5.32 Å². The Balaban J connectivity index is 2.28. The normalized spacial score (nSPS) is 16.5. The van der Waals surface area contributed by atoms with Gasteiger partial charge in [-0.25, -0.2) is 9.18 Å². The smallest absolute Gasteiger partial charge is 0.336 e. The summed E-state index contributed by atoms with van der Waals surface area (Å²) in [6.07, 6.45) is 0. The summed E-state index contributed by atoms with van der Waals surface area (Å²) in [4.78, 5) is 12.9. The molecule has 5 nitrogen and oxygen atoms in total. The second kappa shape index (κ2) is 6.94. The zero-order valence-corrected chi connectivity index (χ0v) is 15.8. The van der Waals surface area contributed by atoms with E-state index in [1.54, 1.807) is 23.7 Å². The Morgan fingerprint density at radius 3 is 2.58 bits per heavy atom. The zero-order chi connectivity index (χ0) is 19.0. The van der Waals surface area contributed by atoms with Crippen molar-refractivity contribution in [1.82, 2.24) is 9.78 Å². The summed E-state index contributed by atoms with van der Waals surface area (Å²) in [6, 6.07) is 6.28. The van der Waals surface area contributed by atoms with Crippen molar-refractivity contribution >= 4 is 11.8 Å². The van der Waals surface area contributed by atoms with Gasteiger partial charge in [0.2, 0.25) is 0 Å². The summed E-state index contributed by atoms with van der Waals surface area (Å²) in [5.74, 6) is -0.0743. The minimum Gasteiger partial charge on any atom is -0.463 e. The zero-order valence-electron chi connectivity index (χ0n) is 15.8. The lowest BCUT2D eigenvalue weighted by atomic mass is 9.79. The van der Waals surface area contributed by atoms with Gasteiger partial charge in [0.1, 0.15) is 11.6 Å². The molecule has 1 unspecified atom stereocenters. The molecule has 1 aromatic carbocycles. The molecule has 1 aliphatic rings. The molecule has 0 radical (unpaired) electrons. The van der Waals surface area contributed by atoms with Gasteiger partial charge in [0.15, 0.2) is 0 Å². The van der Waals surface area contributed by atoms with Gasteiger partial charge in [0.25, 0.3) is 0 Å². The summed E-state index contributed by atoms with van der Waals surface area (Å²) in [5.41, 5.74) is 3.97. The molecule has 0 aliphatic carbocycles. The van der Waals surface area contributed by atoms with Crippen molar-refractivity contribution in [2.24, 2.45) is 13.0 Å². The number of esters is 1. The summed E-state index contributed by atoms with van der Waals surface area (Å²) >= 11 is 0. The number of hydrogen-bond donors (Lipinski definition) is 1. The van der Waals surface area contributed by atoms with Gasteiger partial charge in [0.05, 0.1) is 17.9 Å². The van der Waals surface area contributed by atoms with E-state index in [-0.39, 0.29) is 23.6 Å². The fraction of sp³-hybridized carbons (Fsp3) is 0.400. The maximum atomic E-state index is 13.5. The van der Waals surface area contributed by atoms with E-state index in [1.807, 2.05) is 27.8 Å². The van der Waals surface area contributed by atoms with Crippen molar-refractivity contribution in [2.75, 3.05) is 11.9 Å². The molecule has 0 saturated heterocycles. The molecule has 1 N–H and O–H groups in total. The first-order chi connectivity index (χ1) is 12.3. The Morgan fingerprint density at radius 1 is 1.35 bits per heavy atom. The van der Waals surface area contributed by atoms with Gasteiger partial charge in [0, 0.05) is 24.2 Å². The third-order valence-electron chi connectivity index (χ3n) is 4.67. The number of benzene rings is 1. The number of fused-ring (bicyclic) bond motifs is 1. The van der Waals surface area contributed by atoms with Gasteiger partial charge >= 0.3 is 5.97 Å². The number of aryl methyl sites for hydroxylation is 2.